The summed E-state index contributed by atoms with van der Waals surface area (Å²) in [4.78, 5) is 22.5. The number of hydrogen-bond donors (Lipinski definition) is 3. The Bertz CT molecular complexity index is 740. The maximum Gasteiger partial charge on any atom is 0.274 e. The number of β-amino-alcohol motifs (C(OH)–C–C–N with tert-alkyl or cyclic N) is 1. The average Bonchev–Trinajstić information content (AvgIpc) is 2.84. The Morgan fingerprint density at radius 1 is 1.50 bits per heavy atom. The number of likely N-dealkylation sites (tertiary alicyclic amines) is 1. The van der Waals surface area contributed by atoms with E-state index in [2.05, 4.69) is 15.1 Å². The molecule has 1 aliphatic heterocycles. The van der Waals surface area contributed by atoms with Crippen LogP contribution in [0, 0.1) is 6.92 Å². The second kappa shape index (κ2) is 5.45. The summed E-state index contributed by atoms with van der Waals surface area (Å²) in [5.41, 5.74) is -0.596. The quantitative estimate of drug-likeness (QED) is 0.701. The second-order valence-electron chi connectivity index (χ2n) is 5.99. The van der Waals surface area contributed by atoms with Crippen LogP contribution in [0.4, 0.5) is 0 Å². The van der Waals surface area contributed by atoms with Gasteiger partial charge in [0.1, 0.15) is 5.82 Å². The van der Waals surface area contributed by atoms with Crippen LogP contribution in [0.3, 0.4) is 0 Å². The van der Waals surface area contributed by atoms with Gasteiger partial charge in [-0.2, -0.15) is 9.50 Å². The van der Waals surface area contributed by atoms with Crippen LogP contribution in [0.5, 0.6) is 0 Å². The van der Waals surface area contributed by atoms with Gasteiger partial charge in [0, 0.05) is 25.7 Å². The Morgan fingerprint density at radius 3 is 2.95 bits per heavy atom. The highest BCUT2D eigenvalue weighted by molar-refractivity contribution is 5.27. The number of aliphatic hydroxyl groups excluding tert-OH is 1. The first-order chi connectivity index (χ1) is 10.4. The average molecular weight is 307 g/mol. The molecule has 2 atom stereocenters. The van der Waals surface area contributed by atoms with E-state index in [4.69, 9.17) is 0 Å². The van der Waals surface area contributed by atoms with Gasteiger partial charge in [-0.15, -0.1) is 0 Å². The third kappa shape index (κ3) is 2.65. The summed E-state index contributed by atoms with van der Waals surface area (Å²) in [6, 6.07) is 1.47. The molecule has 1 aliphatic rings. The van der Waals surface area contributed by atoms with Gasteiger partial charge >= 0.3 is 0 Å². The van der Waals surface area contributed by atoms with E-state index in [1.807, 2.05) is 11.8 Å². The Labute approximate surface area is 127 Å². The van der Waals surface area contributed by atoms with Crippen LogP contribution in [0.15, 0.2) is 10.9 Å². The third-order valence-electron chi connectivity index (χ3n) is 4.41. The van der Waals surface area contributed by atoms with Gasteiger partial charge in [0.2, 0.25) is 0 Å². The van der Waals surface area contributed by atoms with Crippen molar-refractivity contribution in [2.24, 2.45) is 0 Å². The molecule has 0 radical (unpaired) electrons. The van der Waals surface area contributed by atoms with Crippen LogP contribution in [0.1, 0.15) is 31.3 Å². The van der Waals surface area contributed by atoms with Crippen molar-refractivity contribution in [2.45, 2.75) is 44.9 Å². The number of nitrogens with zero attached hydrogens (tertiary/aromatic N) is 4. The van der Waals surface area contributed by atoms with Crippen molar-refractivity contribution < 1.29 is 10.2 Å². The number of aliphatic hydroxyl groups is 2. The van der Waals surface area contributed by atoms with E-state index >= 15 is 0 Å². The maximum absolute atomic E-state index is 12.0. The minimum atomic E-state index is -1.01. The Morgan fingerprint density at radius 2 is 2.27 bits per heavy atom. The van der Waals surface area contributed by atoms with Crippen molar-refractivity contribution in [1.82, 2.24) is 24.5 Å². The van der Waals surface area contributed by atoms with E-state index in [9.17, 15) is 15.0 Å². The molecule has 1 fully saturated rings. The molecule has 0 spiro atoms. The van der Waals surface area contributed by atoms with Crippen molar-refractivity contribution in [1.29, 1.82) is 0 Å². The summed E-state index contributed by atoms with van der Waals surface area (Å²) in [7, 11) is 0. The largest absolute Gasteiger partial charge is 0.389 e. The minimum absolute atomic E-state index is 0.205. The SMILES string of the molecule is CC[C@]1(O)CCN(Cc2cc(=O)n3[nH]c(C)nc3n2)C[C@@H]1O. The van der Waals surface area contributed by atoms with Crippen molar-refractivity contribution >= 4 is 5.78 Å². The minimum Gasteiger partial charge on any atom is -0.389 e. The van der Waals surface area contributed by atoms with Gasteiger partial charge in [0.05, 0.1) is 17.4 Å². The summed E-state index contributed by atoms with van der Waals surface area (Å²) >= 11 is 0. The standard InChI is InChI=1S/C14H21N5O3/c1-3-14(22)4-5-18(8-11(14)20)7-10-6-12(21)19-13(16-10)15-9(2)17-19/h6,11,20,22H,3-5,7-8H2,1-2H3,(H,15,16,17)/t11-,14-/m0/s1. The van der Waals surface area contributed by atoms with E-state index in [-0.39, 0.29) is 5.56 Å². The molecule has 0 unspecified atom stereocenters. The number of fused-ring (bicyclic) bond motifs is 1. The molecule has 0 aromatic carbocycles. The van der Waals surface area contributed by atoms with Crippen molar-refractivity contribution in [2.75, 3.05) is 13.1 Å². The zero-order chi connectivity index (χ0) is 15.9. The molecule has 120 valence electrons. The summed E-state index contributed by atoms with van der Waals surface area (Å²) in [6.45, 7) is 5.11. The molecule has 2 aromatic rings. The lowest BCUT2D eigenvalue weighted by atomic mass is 9.86. The van der Waals surface area contributed by atoms with Gasteiger partial charge in [0.15, 0.2) is 0 Å². The lowest BCUT2D eigenvalue weighted by molar-refractivity contribution is -0.122. The first kappa shape index (κ1) is 15.1. The summed E-state index contributed by atoms with van der Waals surface area (Å²) in [5, 5.41) is 23.2. The Kier molecular flexibility index (Phi) is 3.75. The molecule has 1 saturated heterocycles. The topological polar surface area (TPSA) is 107 Å². The van der Waals surface area contributed by atoms with Crippen molar-refractivity contribution in [3.05, 3.63) is 27.9 Å². The van der Waals surface area contributed by atoms with Gasteiger partial charge in [0.25, 0.3) is 11.3 Å². The molecular formula is C14H21N5O3. The van der Waals surface area contributed by atoms with Gasteiger partial charge in [-0.1, -0.05) is 6.92 Å². The highest BCUT2D eigenvalue weighted by atomic mass is 16.3. The number of aromatic nitrogens is 4. The van der Waals surface area contributed by atoms with E-state index in [0.717, 1.165) is 0 Å². The molecule has 3 rings (SSSR count). The van der Waals surface area contributed by atoms with Gasteiger partial charge in [-0.25, -0.2) is 4.98 Å². The van der Waals surface area contributed by atoms with Crippen LogP contribution in [-0.4, -0.2) is 59.5 Å². The second-order valence-corrected chi connectivity index (χ2v) is 5.99. The third-order valence-corrected chi connectivity index (χ3v) is 4.41. The monoisotopic (exact) mass is 307 g/mol. The summed E-state index contributed by atoms with van der Waals surface area (Å²) in [5.74, 6) is 0.978. The van der Waals surface area contributed by atoms with Gasteiger partial charge in [-0.05, 0) is 19.8 Å². The molecule has 8 nitrogen and oxygen atoms in total. The number of H-pyrrole nitrogens is 1. The van der Waals surface area contributed by atoms with Crippen LogP contribution < -0.4 is 5.56 Å². The normalized spacial score (nSPS) is 26.6. The van der Waals surface area contributed by atoms with E-state index in [1.54, 1.807) is 6.92 Å². The lowest BCUT2D eigenvalue weighted by Gasteiger charge is -2.41. The summed E-state index contributed by atoms with van der Waals surface area (Å²) < 4.78 is 1.31. The van der Waals surface area contributed by atoms with Crippen molar-refractivity contribution in [3.8, 4) is 0 Å². The first-order valence-electron chi connectivity index (χ1n) is 7.49. The highest BCUT2D eigenvalue weighted by Crippen LogP contribution is 2.26. The fourth-order valence-electron chi connectivity index (χ4n) is 2.92. The number of aryl methyl sites for hydroxylation is 1. The van der Waals surface area contributed by atoms with E-state index < -0.39 is 11.7 Å². The molecule has 0 aliphatic carbocycles. The van der Waals surface area contributed by atoms with Gasteiger partial charge in [-0.3, -0.25) is 14.8 Å². The predicted octanol–water partition coefficient (Wildman–Crippen LogP) is -0.566. The molecule has 8 heteroatoms. The fourth-order valence-corrected chi connectivity index (χ4v) is 2.92. The van der Waals surface area contributed by atoms with Gasteiger partial charge < -0.3 is 10.2 Å². The van der Waals surface area contributed by atoms with Crippen molar-refractivity contribution in [3.63, 3.8) is 0 Å². The Balaban J connectivity index is 1.78. The molecule has 22 heavy (non-hydrogen) atoms. The molecule has 2 aromatic heterocycles. The van der Waals surface area contributed by atoms with Crippen LogP contribution in [0.25, 0.3) is 5.78 Å². The predicted molar refractivity (Wildman–Crippen MR) is 79.5 cm³/mol. The zero-order valence-corrected chi connectivity index (χ0v) is 12.8. The maximum atomic E-state index is 12.0. The number of aromatic amines is 1. The van der Waals surface area contributed by atoms with E-state index in [0.29, 0.717) is 49.8 Å². The van der Waals surface area contributed by atoms with E-state index in [1.165, 1.54) is 10.6 Å². The Hall–Kier alpha value is -1.77. The molecular weight excluding hydrogens is 286 g/mol. The number of rotatable bonds is 3. The number of nitrogens with one attached hydrogen (secondary N) is 1. The molecule has 0 saturated carbocycles. The van der Waals surface area contributed by atoms with Crippen LogP contribution in [0.2, 0.25) is 0 Å². The number of hydrogen-bond acceptors (Lipinski definition) is 6. The fraction of sp³-hybridized carbons (Fsp3) is 0.643. The molecule has 0 bridgehead atoms. The first-order valence-corrected chi connectivity index (χ1v) is 7.49. The van der Waals surface area contributed by atoms with Crippen LogP contribution >= 0.6 is 0 Å². The zero-order valence-electron chi connectivity index (χ0n) is 12.8. The highest BCUT2D eigenvalue weighted by Gasteiger charge is 2.38. The smallest absolute Gasteiger partial charge is 0.274 e. The molecule has 0 amide bonds. The molecule has 3 heterocycles. The summed E-state index contributed by atoms with van der Waals surface area (Å²) in [6.07, 6.45) is 0.247. The number of piperidine rings is 1. The van der Waals surface area contributed by atoms with Crippen LogP contribution in [-0.2, 0) is 6.54 Å². The lowest BCUT2D eigenvalue weighted by Crippen LogP contribution is -2.54. The molecule has 3 N–H and O–H groups in total.